The highest BCUT2D eigenvalue weighted by molar-refractivity contribution is 5.60. The smallest absolute Gasteiger partial charge is 0.0429 e. The van der Waals surface area contributed by atoms with Crippen LogP contribution in [0.2, 0.25) is 0 Å². The lowest BCUT2D eigenvalue weighted by Gasteiger charge is -2.23. The van der Waals surface area contributed by atoms with E-state index in [1.54, 1.807) is 0 Å². The summed E-state index contributed by atoms with van der Waals surface area (Å²) in [5, 5.41) is 0. The van der Waals surface area contributed by atoms with Gasteiger partial charge in [0.25, 0.3) is 0 Å². The molecule has 1 aliphatic carbocycles. The third-order valence-corrected chi connectivity index (χ3v) is 7.84. The molecule has 0 bridgehead atoms. The summed E-state index contributed by atoms with van der Waals surface area (Å²) in [5.74, 6) is 0.401. The Morgan fingerprint density at radius 3 is 1.60 bits per heavy atom. The molecule has 0 fully saturated rings. The predicted octanol–water partition coefficient (Wildman–Crippen LogP) is 9.97. The number of anilines is 2. The molecule has 0 N–H and O–H groups in total. The quantitative estimate of drug-likeness (QED) is 0.173. The minimum absolute atomic E-state index is 0.401. The second-order valence-electron chi connectivity index (χ2n) is 10.8. The minimum atomic E-state index is 0.401. The van der Waals surface area contributed by atoms with Crippen molar-refractivity contribution in [2.45, 2.75) is 33.4 Å². The number of allylic oxidation sites excluding steroid dienone is 6. The van der Waals surface area contributed by atoms with E-state index < -0.39 is 0 Å². The van der Waals surface area contributed by atoms with Gasteiger partial charge in [-0.1, -0.05) is 127 Å². The average molecular weight is 551 g/mol. The van der Waals surface area contributed by atoms with Gasteiger partial charge in [-0.25, -0.2) is 0 Å². The molecule has 0 amide bonds. The van der Waals surface area contributed by atoms with Gasteiger partial charge in [-0.05, 0) is 78.3 Å². The molecule has 0 aliphatic heterocycles. The Balaban J connectivity index is 1.17. The Labute approximate surface area is 252 Å². The van der Waals surface area contributed by atoms with Crippen LogP contribution in [-0.4, -0.2) is 13.1 Å². The van der Waals surface area contributed by atoms with Crippen LogP contribution in [0.3, 0.4) is 0 Å². The molecule has 212 valence electrons. The molecular weight excluding hydrogens is 508 g/mol. The molecule has 0 aromatic heterocycles. The highest BCUT2D eigenvalue weighted by Gasteiger charge is 2.08. The summed E-state index contributed by atoms with van der Waals surface area (Å²) >= 11 is 0. The van der Waals surface area contributed by atoms with Gasteiger partial charge in [-0.2, -0.15) is 0 Å². The van der Waals surface area contributed by atoms with Crippen molar-refractivity contribution in [3.8, 4) is 0 Å². The van der Waals surface area contributed by atoms with E-state index in [0.717, 1.165) is 32.6 Å². The molecule has 4 aromatic rings. The van der Waals surface area contributed by atoms with Gasteiger partial charge in [0.05, 0.1) is 0 Å². The number of benzene rings is 4. The van der Waals surface area contributed by atoms with Gasteiger partial charge < -0.3 is 9.80 Å². The zero-order valence-electron chi connectivity index (χ0n) is 24.9. The van der Waals surface area contributed by atoms with Crippen LogP contribution in [0.25, 0.3) is 12.2 Å². The molecule has 1 unspecified atom stereocenters. The maximum Gasteiger partial charge on any atom is 0.0429 e. The molecule has 0 radical (unpaired) electrons. The summed E-state index contributed by atoms with van der Waals surface area (Å²) in [6.45, 7) is 8.24. The summed E-state index contributed by atoms with van der Waals surface area (Å²) in [5.41, 5.74) is 8.91. The molecule has 5 rings (SSSR count). The average Bonchev–Trinajstić information content (AvgIpc) is 3.06. The molecule has 0 spiro atoms. The van der Waals surface area contributed by atoms with Crippen molar-refractivity contribution >= 4 is 23.5 Å². The highest BCUT2D eigenvalue weighted by atomic mass is 15.1. The van der Waals surface area contributed by atoms with Crippen LogP contribution in [0.1, 0.15) is 42.5 Å². The monoisotopic (exact) mass is 550 g/mol. The van der Waals surface area contributed by atoms with Crippen LogP contribution in [-0.2, 0) is 13.1 Å². The Hall–Kier alpha value is -4.56. The third-order valence-electron chi connectivity index (χ3n) is 7.84. The van der Waals surface area contributed by atoms with Crippen molar-refractivity contribution in [3.05, 3.63) is 167 Å². The Morgan fingerprint density at radius 1 is 0.595 bits per heavy atom. The lowest BCUT2D eigenvalue weighted by Crippen LogP contribution is -2.21. The van der Waals surface area contributed by atoms with E-state index in [-0.39, 0.29) is 0 Å². The van der Waals surface area contributed by atoms with Crippen LogP contribution < -0.4 is 9.80 Å². The highest BCUT2D eigenvalue weighted by Crippen LogP contribution is 2.24. The first-order valence-electron chi connectivity index (χ1n) is 15.2. The van der Waals surface area contributed by atoms with Gasteiger partial charge in [0.1, 0.15) is 0 Å². The standard InChI is InChI=1S/C40H42N2/c1-3-41(31-37-12-7-5-8-13-37)39-26-22-33(23-27-39)18-20-35-16-11-17-36(30-35)21-19-34-24-28-40(29-25-34)42(4-2)32-38-14-9-6-10-15-38/h5-16,18-30,36H,3-4,17,31-32H2,1-2H3. The van der Waals surface area contributed by atoms with E-state index in [9.17, 15) is 0 Å². The lowest BCUT2D eigenvalue weighted by atomic mass is 9.94. The van der Waals surface area contributed by atoms with Crippen molar-refractivity contribution in [2.24, 2.45) is 5.92 Å². The largest absolute Gasteiger partial charge is 0.367 e. The number of nitrogens with zero attached hydrogens (tertiary/aromatic N) is 2. The van der Waals surface area contributed by atoms with E-state index in [1.165, 1.54) is 39.2 Å². The summed E-state index contributed by atoms with van der Waals surface area (Å²) in [4.78, 5) is 4.82. The van der Waals surface area contributed by atoms with Gasteiger partial charge in [0.15, 0.2) is 0 Å². The second-order valence-corrected chi connectivity index (χ2v) is 10.8. The molecule has 4 aromatic carbocycles. The number of hydrogen-bond acceptors (Lipinski definition) is 2. The van der Waals surface area contributed by atoms with Crippen LogP contribution >= 0.6 is 0 Å². The van der Waals surface area contributed by atoms with Crippen molar-refractivity contribution in [3.63, 3.8) is 0 Å². The fourth-order valence-electron chi connectivity index (χ4n) is 5.38. The zero-order chi connectivity index (χ0) is 29.0. The van der Waals surface area contributed by atoms with Gasteiger partial charge >= 0.3 is 0 Å². The predicted molar refractivity (Wildman–Crippen MR) is 183 cm³/mol. The summed E-state index contributed by atoms with van der Waals surface area (Å²) in [7, 11) is 0. The zero-order valence-corrected chi connectivity index (χ0v) is 24.9. The molecule has 0 saturated carbocycles. The van der Waals surface area contributed by atoms with Crippen molar-refractivity contribution in [1.82, 2.24) is 0 Å². The van der Waals surface area contributed by atoms with E-state index in [2.05, 4.69) is 175 Å². The fraction of sp³-hybridized carbons (Fsp3) is 0.200. The molecule has 2 nitrogen and oxygen atoms in total. The molecule has 42 heavy (non-hydrogen) atoms. The minimum Gasteiger partial charge on any atom is -0.367 e. The Bertz CT molecular complexity index is 1490. The summed E-state index contributed by atoms with van der Waals surface area (Å²) in [6.07, 6.45) is 17.0. The van der Waals surface area contributed by atoms with Crippen molar-refractivity contribution in [2.75, 3.05) is 22.9 Å². The van der Waals surface area contributed by atoms with Crippen LogP contribution in [0.4, 0.5) is 11.4 Å². The van der Waals surface area contributed by atoms with Crippen LogP contribution in [0.15, 0.2) is 145 Å². The van der Waals surface area contributed by atoms with Crippen molar-refractivity contribution < 1.29 is 0 Å². The fourth-order valence-corrected chi connectivity index (χ4v) is 5.38. The SMILES string of the molecule is CCN(Cc1ccccc1)c1ccc(C=CC2=CC(C=Cc3ccc(N(CC)Cc4ccccc4)cc3)CC=C2)cc1. The van der Waals surface area contributed by atoms with Crippen LogP contribution in [0.5, 0.6) is 0 Å². The molecule has 0 saturated heterocycles. The molecule has 1 atom stereocenters. The molecule has 2 heteroatoms. The van der Waals surface area contributed by atoms with E-state index in [4.69, 9.17) is 0 Å². The molecule has 0 heterocycles. The molecule has 1 aliphatic rings. The van der Waals surface area contributed by atoms with Crippen LogP contribution in [0, 0.1) is 5.92 Å². The van der Waals surface area contributed by atoms with E-state index in [1.807, 2.05) is 0 Å². The van der Waals surface area contributed by atoms with Gasteiger partial charge in [-0.3, -0.25) is 0 Å². The van der Waals surface area contributed by atoms with E-state index in [0.29, 0.717) is 5.92 Å². The maximum atomic E-state index is 2.41. The van der Waals surface area contributed by atoms with Gasteiger partial charge in [0.2, 0.25) is 0 Å². The third kappa shape index (κ3) is 8.24. The first-order valence-corrected chi connectivity index (χ1v) is 15.2. The van der Waals surface area contributed by atoms with E-state index >= 15 is 0 Å². The first kappa shape index (κ1) is 29.0. The Morgan fingerprint density at radius 2 is 1.10 bits per heavy atom. The maximum absolute atomic E-state index is 2.41. The normalized spacial score (nSPS) is 14.8. The lowest BCUT2D eigenvalue weighted by molar-refractivity contribution is 0.820. The molecular formula is C40H42N2. The van der Waals surface area contributed by atoms with Crippen molar-refractivity contribution in [1.29, 1.82) is 0 Å². The summed E-state index contributed by atoms with van der Waals surface area (Å²) < 4.78 is 0. The second kappa shape index (κ2) is 14.9. The Kier molecular flexibility index (Phi) is 10.3. The number of hydrogen-bond donors (Lipinski definition) is 0. The number of rotatable bonds is 12. The summed E-state index contributed by atoms with van der Waals surface area (Å²) in [6, 6.07) is 39.2. The topological polar surface area (TPSA) is 6.48 Å². The van der Waals surface area contributed by atoms with Gasteiger partial charge in [-0.15, -0.1) is 0 Å². The van der Waals surface area contributed by atoms with Gasteiger partial charge in [0, 0.05) is 37.6 Å². The first-order chi connectivity index (χ1) is 20.7.